The minimum absolute atomic E-state index is 0.0491. The first-order valence-electron chi connectivity index (χ1n) is 16.4. The van der Waals surface area contributed by atoms with Crippen LogP contribution in [0.15, 0.2) is 73.1 Å². The number of para-hydroxylation sites is 1. The van der Waals surface area contributed by atoms with E-state index < -0.39 is 36.5 Å². The number of piperidine rings is 3. The summed E-state index contributed by atoms with van der Waals surface area (Å²) in [7, 11) is 1.26. The van der Waals surface area contributed by atoms with E-state index in [1.165, 1.54) is 68.0 Å². The number of carboxylic acids is 1. The second kappa shape index (κ2) is 15.9. The number of benzene rings is 3. The lowest BCUT2D eigenvalue weighted by Gasteiger charge is -2.44. The molecule has 3 fully saturated rings. The number of amides is 1. The van der Waals surface area contributed by atoms with Crippen LogP contribution in [0.2, 0.25) is 10.0 Å². The van der Waals surface area contributed by atoms with E-state index in [2.05, 4.69) is 9.64 Å². The SMILES string of the molecule is COc1cc([C@H](Cc2c(Cl)c[n+](O)cc2Cl)c2c(CN(C(=O)O[C@H]3CN4CCC3CC4)c3ccccc3F)cccc2C(=O)O)ccc1OC(F)F. The van der Waals surface area contributed by atoms with Crippen LogP contribution in [0.5, 0.6) is 11.5 Å². The van der Waals surface area contributed by atoms with Crippen molar-refractivity contribution in [2.75, 3.05) is 31.6 Å². The van der Waals surface area contributed by atoms with Crippen molar-refractivity contribution in [2.24, 2.45) is 5.92 Å². The van der Waals surface area contributed by atoms with Crippen molar-refractivity contribution in [3.05, 3.63) is 117 Å². The Morgan fingerprint density at radius 1 is 1.02 bits per heavy atom. The number of hydrogen-bond donors (Lipinski definition) is 2. The molecule has 3 aromatic carbocycles. The highest BCUT2D eigenvalue weighted by molar-refractivity contribution is 6.35. The van der Waals surface area contributed by atoms with Gasteiger partial charge in [0, 0.05) is 22.8 Å². The maximum absolute atomic E-state index is 15.5. The van der Waals surface area contributed by atoms with Crippen LogP contribution in [0, 0.1) is 11.7 Å². The van der Waals surface area contributed by atoms with E-state index in [-0.39, 0.29) is 57.2 Å². The zero-order chi connectivity index (χ0) is 37.1. The number of nitrogens with zero attached hydrogens (tertiary/aromatic N) is 3. The van der Waals surface area contributed by atoms with E-state index >= 15 is 4.39 Å². The predicted octanol–water partition coefficient (Wildman–Crippen LogP) is 7.58. The van der Waals surface area contributed by atoms with Crippen molar-refractivity contribution in [2.45, 2.75) is 44.4 Å². The van der Waals surface area contributed by atoms with Crippen LogP contribution in [0.4, 0.5) is 23.7 Å². The topological polar surface area (TPSA) is 113 Å². The van der Waals surface area contributed by atoms with Crippen LogP contribution in [-0.2, 0) is 17.7 Å². The molecule has 3 aliphatic heterocycles. The molecule has 1 amide bonds. The second-order valence-electron chi connectivity index (χ2n) is 12.6. The van der Waals surface area contributed by atoms with Gasteiger partial charge in [-0.1, -0.05) is 53.5 Å². The van der Waals surface area contributed by atoms with E-state index in [0.29, 0.717) is 28.0 Å². The smallest absolute Gasteiger partial charge is 0.415 e. The highest BCUT2D eigenvalue weighted by Gasteiger charge is 2.38. The van der Waals surface area contributed by atoms with E-state index in [0.717, 1.165) is 30.8 Å². The summed E-state index contributed by atoms with van der Waals surface area (Å²) in [6.45, 7) is -1.08. The van der Waals surface area contributed by atoms with Gasteiger partial charge in [0.15, 0.2) is 11.5 Å². The summed E-state index contributed by atoms with van der Waals surface area (Å²) in [6, 6.07) is 14.4. The zero-order valence-corrected chi connectivity index (χ0v) is 29.4. The molecule has 0 saturated carbocycles. The Bertz CT molecular complexity index is 1940. The molecule has 3 aliphatic rings. The molecule has 0 spiro atoms. The zero-order valence-electron chi connectivity index (χ0n) is 27.9. The van der Waals surface area contributed by atoms with Gasteiger partial charge in [0.05, 0.1) is 24.9 Å². The van der Waals surface area contributed by atoms with Crippen LogP contribution in [0.3, 0.4) is 0 Å². The summed E-state index contributed by atoms with van der Waals surface area (Å²) in [6.07, 6.45) is 2.87. The Hall–Kier alpha value is -4.72. The molecule has 15 heteroatoms. The lowest BCUT2D eigenvalue weighted by atomic mass is 9.80. The molecule has 0 unspecified atom stereocenters. The van der Waals surface area contributed by atoms with Gasteiger partial charge in [0.1, 0.15) is 22.0 Å². The Labute approximate surface area is 307 Å². The number of carboxylic acid groups (broad SMARTS) is 1. The van der Waals surface area contributed by atoms with E-state index in [1.54, 1.807) is 12.1 Å². The third kappa shape index (κ3) is 8.01. The molecule has 0 radical (unpaired) electrons. The first-order chi connectivity index (χ1) is 24.9. The molecule has 10 nitrogen and oxygen atoms in total. The number of fused-ring (bicyclic) bond motifs is 3. The van der Waals surface area contributed by atoms with Crippen molar-refractivity contribution in [1.82, 2.24) is 4.90 Å². The summed E-state index contributed by atoms with van der Waals surface area (Å²) in [5.41, 5.74) is 0.983. The van der Waals surface area contributed by atoms with Crippen molar-refractivity contribution in [1.29, 1.82) is 0 Å². The maximum Gasteiger partial charge on any atom is 0.415 e. The lowest BCUT2D eigenvalue weighted by Crippen LogP contribution is -2.53. The quantitative estimate of drug-likeness (QED) is 0.112. The van der Waals surface area contributed by atoms with Gasteiger partial charge < -0.3 is 19.3 Å². The Kier molecular flexibility index (Phi) is 11.3. The lowest BCUT2D eigenvalue weighted by molar-refractivity contribution is -0.904. The van der Waals surface area contributed by atoms with Gasteiger partial charge >= 0.3 is 18.7 Å². The molecular weight excluding hydrogens is 726 g/mol. The molecule has 52 heavy (non-hydrogen) atoms. The van der Waals surface area contributed by atoms with Gasteiger partial charge in [-0.2, -0.15) is 8.78 Å². The first-order valence-corrected chi connectivity index (χ1v) is 17.2. The number of ether oxygens (including phenoxy) is 3. The minimum atomic E-state index is -3.15. The van der Waals surface area contributed by atoms with Gasteiger partial charge in [-0.25, -0.2) is 14.0 Å². The fourth-order valence-corrected chi connectivity index (χ4v) is 7.70. The minimum Gasteiger partial charge on any atom is -0.493 e. The first kappa shape index (κ1) is 37.1. The maximum atomic E-state index is 15.5. The van der Waals surface area contributed by atoms with Crippen LogP contribution in [0.1, 0.15) is 51.4 Å². The van der Waals surface area contributed by atoms with Gasteiger partial charge in [0.2, 0.25) is 12.4 Å². The average molecular weight is 762 g/mol. The van der Waals surface area contributed by atoms with Crippen LogP contribution >= 0.6 is 23.2 Å². The number of hydrogen-bond acceptors (Lipinski definition) is 7. The Balaban J connectivity index is 1.50. The molecular formula is C37H35Cl2F3N3O7+. The van der Waals surface area contributed by atoms with Gasteiger partial charge in [0.25, 0.3) is 0 Å². The standard InChI is InChI=1S/C37H34Cl2F3N3O7/c1-50-32-15-22(9-10-31(32)51-36(41)42)25(16-26-27(38)18-44(49)19-28(26)39)34-23(5-4-6-24(34)35(46)47)17-45(30-8-3-2-7-29(30)40)37(48)52-33-20-43-13-11-21(33)12-14-43/h2-10,15,18-19,21,25,33,36H,11-14,16-17,20H2,1H3,(H-,46,47,49)/p+1/t25-,33-/m0/s1. The van der Waals surface area contributed by atoms with Crippen molar-refractivity contribution >= 4 is 41.0 Å². The molecule has 2 atom stereocenters. The highest BCUT2D eigenvalue weighted by Crippen LogP contribution is 2.41. The van der Waals surface area contributed by atoms with Gasteiger partial charge in [-0.15, -0.1) is 0 Å². The predicted molar refractivity (Wildman–Crippen MR) is 184 cm³/mol. The molecule has 3 saturated heterocycles. The molecule has 2 N–H and O–H groups in total. The fraction of sp³-hybridized carbons (Fsp3) is 0.324. The Morgan fingerprint density at radius 2 is 1.73 bits per heavy atom. The van der Waals surface area contributed by atoms with Gasteiger partial charge in [-0.05, 0) is 85.3 Å². The largest absolute Gasteiger partial charge is 0.493 e. The molecule has 4 heterocycles. The second-order valence-corrected chi connectivity index (χ2v) is 13.5. The number of aromatic nitrogens is 1. The fourth-order valence-electron chi connectivity index (χ4n) is 7.09. The molecule has 4 aromatic rings. The monoisotopic (exact) mass is 760 g/mol. The summed E-state index contributed by atoms with van der Waals surface area (Å²) in [4.78, 5) is 30.4. The molecule has 274 valence electrons. The summed E-state index contributed by atoms with van der Waals surface area (Å²) >= 11 is 13.1. The van der Waals surface area contributed by atoms with E-state index in [1.807, 2.05) is 0 Å². The molecule has 2 bridgehead atoms. The Morgan fingerprint density at radius 3 is 2.35 bits per heavy atom. The van der Waals surface area contributed by atoms with Crippen molar-refractivity contribution in [3.63, 3.8) is 0 Å². The van der Waals surface area contributed by atoms with Crippen LogP contribution < -0.4 is 19.1 Å². The summed E-state index contributed by atoms with van der Waals surface area (Å²) < 4.78 is 58.7. The number of anilines is 1. The number of pyridine rings is 1. The summed E-state index contributed by atoms with van der Waals surface area (Å²) in [5.74, 6) is -3.11. The highest BCUT2D eigenvalue weighted by atomic mass is 35.5. The number of methoxy groups -OCH3 is 1. The molecule has 1 aromatic heterocycles. The third-order valence-electron chi connectivity index (χ3n) is 9.60. The van der Waals surface area contributed by atoms with Crippen molar-refractivity contribution in [3.8, 4) is 11.5 Å². The number of alkyl halides is 2. The number of carbonyl (C=O) groups is 2. The van der Waals surface area contributed by atoms with Gasteiger partial charge in [-0.3, -0.25) is 15.0 Å². The van der Waals surface area contributed by atoms with E-state index in [9.17, 15) is 28.7 Å². The average Bonchev–Trinajstić information content (AvgIpc) is 3.11. The third-order valence-corrected chi connectivity index (χ3v) is 10.2. The number of aromatic carboxylic acids is 1. The normalized spacial score (nSPS) is 18.6. The number of carbonyl (C=O) groups excluding carboxylic acids is 1. The van der Waals surface area contributed by atoms with Crippen LogP contribution in [-0.4, -0.2) is 66.7 Å². The van der Waals surface area contributed by atoms with E-state index in [4.69, 9.17) is 32.7 Å². The molecule has 0 aliphatic carbocycles. The number of rotatable bonds is 12. The summed E-state index contributed by atoms with van der Waals surface area (Å²) in [5, 5.41) is 20.7. The molecule has 7 rings (SSSR count). The number of halogens is 5. The van der Waals surface area contributed by atoms with Crippen molar-refractivity contribution < 1.29 is 52.0 Å². The van der Waals surface area contributed by atoms with Crippen LogP contribution in [0.25, 0.3) is 0 Å².